The Labute approximate surface area is 87.3 Å². The molecule has 0 saturated carbocycles. The summed E-state index contributed by atoms with van der Waals surface area (Å²) in [6.45, 7) is 0.192. The van der Waals surface area contributed by atoms with Crippen LogP contribution >= 0.6 is 15.9 Å². The van der Waals surface area contributed by atoms with Gasteiger partial charge in [0.25, 0.3) is 0 Å². The van der Waals surface area contributed by atoms with Crippen LogP contribution in [0.25, 0.3) is 0 Å². The molecule has 0 fully saturated rings. The van der Waals surface area contributed by atoms with Crippen LogP contribution in [-0.2, 0) is 6.42 Å². The van der Waals surface area contributed by atoms with Crippen molar-refractivity contribution in [3.05, 3.63) is 28.2 Å². The van der Waals surface area contributed by atoms with Crippen LogP contribution in [0.4, 0.5) is 5.69 Å². The Bertz CT molecular complexity index is 286. The van der Waals surface area contributed by atoms with E-state index in [0.29, 0.717) is 6.42 Å². The van der Waals surface area contributed by atoms with Crippen molar-refractivity contribution in [2.75, 3.05) is 25.6 Å². The fraction of sp³-hybridized carbons (Fsp3) is 0.400. The first kappa shape index (κ1) is 10.5. The first-order valence-corrected chi connectivity index (χ1v) is 5.01. The van der Waals surface area contributed by atoms with Crippen LogP contribution in [0.2, 0.25) is 0 Å². The van der Waals surface area contributed by atoms with E-state index in [4.69, 9.17) is 5.11 Å². The SMILES string of the molecule is CN(C)c1ccc(Br)cc1CCO. The summed E-state index contributed by atoms with van der Waals surface area (Å²) < 4.78 is 1.06. The van der Waals surface area contributed by atoms with E-state index in [9.17, 15) is 0 Å². The summed E-state index contributed by atoms with van der Waals surface area (Å²) in [5.41, 5.74) is 2.33. The summed E-state index contributed by atoms with van der Waals surface area (Å²) in [5.74, 6) is 0. The van der Waals surface area contributed by atoms with Crippen LogP contribution in [0, 0.1) is 0 Å². The van der Waals surface area contributed by atoms with Gasteiger partial charge in [-0.2, -0.15) is 0 Å². The smallest absolute Gasteiger partial charge is 0.0472 e. The highest BCUT2D eigenvalue weighted by molar-refractivity contribution is 9.10. The van der Waals surface area contributed by atoms with E-state index in [-0.39, 0.29) is 6.61 Å². The second-order valence-electron chi connectivity index (χ2n) is 3.14. The number of benzene rings is 1. The average Bonchev–Trinajstić information content (AvgIpc) is 2.04. The predicted molar refractivity (Wildman–Crippen MR) is 59.3 cm³/mol. The summed E-state index contributed by atoms with van der Waals surface area (Å²) in [6, 6.07) is 6.11. The van der Waals surface area contributed by atoms with Gasteiger partial charge in [0.15, 0.2) is 0 Å². The van der Waals surface area contributed by atoms with Gasteiger partial charge in [-0.25, -0.2) is 0 Å². The zero-order chi connectivity index (χ0) is 9.84. The van der Waals surface area contributed by atoms with Gasteiger partial charge in [-0.3, -0.25) is 0 Å². The standard InChI is InChI=1S/C10H14BrNO/c1-12(2)10-4-3-9(11)7-8(10)5-6-13/h3-4,7,13H,5-6H2,1-2H3. The number of hydrogen-bond donors (Lipinski definition) is 1. The Hall–Kier alpha value is -0.540. The van der Waals surface area contributed by atoms with E-state index in [0.717, 1.165) is 10.2 Å². The molecule has 0 heterocycles. The molecule has 1 aromatic rings. The van der Waals surface area contributed by atoms with Gasteiger partial charge in [-0.05, 0) is 30.2 Å². The van der Waals surface area contributed by atoms with Crippen molar-refractivity contribution in [3.63, 3.8) is 0 Å². The first-order chi connectivity index (χ1) is 6.15. The number of aliphatic hydroxyl groups is 1. The minimum Gasteiger partial charge on any atom is -0.396 e. The summed E-state index contributed by atoms with van der Waals surface area (Å²) in [6.07, 6.45) is 0.701. The van der Waals surface area contributed by atoms with Crippen LogP contribution in [0.3, 0.4) is 0 Å². The van der Waals surface area contributed by atoms with Gasteiger partial charge in [0.05, 0.1) is 0 Å². The quantitative estimate of drug-likeness (QED) is 0.879. The van der Waals surface area contributed by atoms with Gasteiger partial charge in [-0.1, -0.05) is 15.9 Å². The van der Waals surface area contributed by atoms with Crippen LogP contribution < -0.4 is 4.90 Å². The Morgan fingerprint density at radius 1 is 1.38 bits per heavy atom. The van der Waals surface area contributed by atoms with E-state index in [2.05, 4.69) is 26.9 Å². The second kappa shape index (κ2) is 4.63. The van der Waals surface area contributed by atoms with E-state index in [1.165, 1.54) is 5.56 Å². The van der Waals surface area contributed by atoms with E-state index < -0.39 is 0 Å². The molecule has 72 valence electrons. The van der Waals surface area contributed by atoms with Crippen molar-refractivity contribution in [2.45, 2.75) is 6.42 Å². The Balaban J connectivity index is 3.03. The normalized spacial score (nSPS) is 10.2. The number of aliphatic hydroxyl groups excluding tert-OH is 1. The van der Waals surface area contributed by atoms with Crippen molar-refractivity contribution in [3.8, 4) is 0 Å². The highest BCUT2D eigenvalue weighted by Crippen LogP contribution is 2.23. The lowest BCUT2D eigenvalue weighted by Crippen LogP contribution is -2.11. The molecule has 1 rings (SSSR count). The number of nitrogens with zero attached hydrogens (tertiary/aromatic N) is 1. The van der Waals surface area contributed by atoms with Crippen molar-refractivity contribution >= 4 is 21.6 Å². The van der Waals surface area contributed by atoms with E-state index in [1.54, 1.807) is 0 Å². The molecule has 0 atom stereocenters. The molecule has 1 N–H and O–H groups in total. The highest BCUT2D eigenvalue weighted by Gasteiger charge is 2.03. The molecule has 0 aliphatic heterocycles. The first-order valence-electron chi connectivity index (χ1n) is 4.21. The van der Waals surface area contributed by atoms with E-state index in [1.807, 2.05) is 26.2 Å². The second-order valence-corrected chi connectivity index (χ2v) is 4.06. The molecule has 13 heavy (non-hydrogen) atoms. The number of rotatable bonds is 3. The van der Waals surface area contributed by atoms with Crippen molar-refractivity contribution in [1.82, 2.24) is 0 Å². The third-order valence-corrected chi connectivity index (χ3v) is 2.40. The fourth-order valence-corrected chi connectivity index (χ4v) is 1.72. The van der Waals surface area contributed by atoms with Crippen molar-refractivity contribution < 1.29 is 5.11 Å². The Kier molecular flexibility index (Phi) is 3.75. The van der Waals surface area contributed by atoms with Crippen molar-refractivity contribution in [2.24, 2.45) is 0 Å². The Morgan fingerprint density at radius 3 is 2.62 bits per heavy atom. The lowest BCUT2D eigenvalue weighted by Gasteiger charge is -2.17. The molecule has 0 aliphatic carbocycles. The van der Waals surface area contributed by atoms with Gasteiger partial charge in [0, 0.05) is 30.9 Å². The van der Waals surface area contributed by atoms with E-state index >= 15 is 0 Å². The molecule has 0 radical (unpaired) electrons. The summed E-state index contributed by atoms with van der Waals surface area (Å²) >= 11 is 3.42. The zero-order valence-corrected chi connectivity index (χ0v) is 9.50. The van der Waals surface area contributed by atoms with Gasteiger partial charge in [0.2, 0.25) is 0 Å². The third kappa shape index (κ3) is 2.71. The number of anilines is 1. The minimum atomic E-state index is 0.192. The third-order valence-electron chi connectivity index (χ3n) is 1.90. The van der Waals surface area contributed by atoms with Crippen molar-refractivity contribution in [1.29, 1.82) is 0 Å². The molecule has 0 amide bonds. The van der Waals surface area contributed by atoms with Gasteiger partial charge >= 0.3 is 0 Å². The Morgan fingerprint density at radius 2 is 2.08 bits per heavy atom. The lowest BCUT2D eigenvalue weighted by molar-refractivity contribution is 0.299. The maximum absolute atomic E-state index is 8.88. The summed E-state index contributed by atoms with van der Waals surface area (Å²) in [4.78, 5) is 2.05. The van der Waals surface area contributed by atoms with Gasteiger partial charge in [0.1, 0.15) is 0 Å². The average molecular weight is 244 g/mol. The molecular weight excluding hydrogens is 230 g/mol. The monoisotopic (exact) mass is 243 g/mol. The molecule has 0 aliphatic rings. The molecule has 2 nitrogen and oxygen atoms in total. The van der Waals surface area contributed by atoms with Gasteiger partial charge < -0.3 is 10.0 Å². The lowest BCUT2D eigenvalue weighted by atomic mass is 10.1. The van der Waals surface area contributed by atoms with Crippen LogP contribution in [-0.4, -0.2) is 25.8 Å². The molecule has 1 aromatic carbocycles. The summed E-state index contributed by atoms with van der Waals surface area (Å²) in [5, 5.41) is 8.88. The van der Waals surface area contributed by atoms with Gasteiger partial charge in [-0.15, -0.1) is 0 Å². The molecule has 0 bridgehead atoms. The number of halogens is 1. The fourth-order valence-electron chi connectivity index (χ4n) is 1.31. The minimum absolute atomic E-state index is 0.192. The number of hydrogen-bond acceptors (Lipinski definition) is 2. The molecule has 0 unspecified atom stereocenters. The maximum Gasteiger partial charge on any atom is 0.0472 e. The largest absolute Gasteiger partial charge is 0.396 e. The predicted octanol–water partition coefficient (Wildman–Crippen LogP) is 2.05. The maximum atomic E-state index is 8.88. The van der Waals surface area contributed by atoms with Crippen LogP contribution in [0.15, 0.2) is 22.7 Å². The molecular formula is C10H14BrNO. The molecule has 0 saturated heterocycles. The molecule has 3 heteroatoms. The van der Waals surface area contributed by atoms with Crippen LogP contribution in [0.1, 0.15) is 5.56 Å². The molecule has 0 spiro atoms. The highest BCUT2D eigenvalue weighted by atomic mass is 79.9. The molecule has 0 aromatic heterocycles. The zero-order valence-electron chi connectivity index (χ0n) is 7.92. The van der Waals surface area contributed by atoms with Crippen LogP contribution in [0.5, 0.6) is 0 Å². The summed E-state index contributed by atoms with van der Waals surface area (Å²) in [7, 11) is 4.01. The topological polar surface area (TPSA) is 23.5 Å².